The number of aromatic nitrogens is 2. The van der Waals surface area contributed by atoms with Gasteiger partial charge >= 0.3 is 6.18 Å². The maximum atomic E-state index is 14.7. The Labute approximate surface area is 164 Å². The van der Waals surface area contributed by atoms with Crippen molar-refractivity contribution in [1.82, 2.24) is 14.9 Å². The zero-order valence-electron chi connectivity index (χ0n) is 15.7. The van der Waals surface area contributed by atoms with Crippen LogP contribution in [0.3, 0.4) is 0 Å². The average molecular weight is 413 g/mol. The zero-order valence-corrected chi connectivity index (χ0v) is 15.7. The molecule has 1 unspecified atom stereocenters. The van der Waals surface area contributed by atoms with Gasteiger partial charge in [0.1, 0.15) is 23.3 Å². The van der Waals surface area contributed by atoms with Crippen molar-refractivity contribution in [2.45, 2.75) is 19.2 Å². The molecule has 1 saturated heterocycles. The Hall–Kier alpha value is -2.95. The molecule has 11 heteroatoms. The van der Waals surface area contributed by atoms with E-state index in [4.69, 9.17) is 4.74 Å². The van der Waals surface area contributed by atoms with Gasteiger partial charge in [-0.1, -0.05) is 0 Å². The highest BCUT2D eigenvalue weighted by molar-refractivity contribution is 5.61. The van der Waals surface area contributed by atoms with Crippen LogP contribution in [-0.2, 0) is 15.7 Å². The topological polar surface area (TPSA) is 79.4 Å². The SMILES string of the molecule is CNc1nc(Nc2cc(F)c(C3CN(C=O)CCO3)cc2C)ncc1C(F)(F)F. The Morgan fingerprint density at radius 3 is 2.76 bits per heavy atom. The molecule has 2 N–H and O–H groups in total. The van der Waals surface area contributed by atoms with Crippen molar-refractivity contribution in [3.8, 4) is 0 Å². The summed E-state index contributed by atoms with van der Waals surface area (Å²) >= 11 is 0. The van der Waals surface area contributed by atoms with Crippen LogP contribution in [0.25, 0.3) is 0 Å². The number of hydrogen-bond donors (Lipinski definition) is 2. The molecule has 0 spiro atoms. The number of carbonyl (C=O) groups excluding carboxylic acids is 1. The lowest BCUT2D eigenvalue weighted by Crippen LogP contribution is -2.37. The number of aryl methyl sites for hydroxylation is 1. The average Bonchev–Trinajstić information content (AvgIpc) is 2.69. The minimum Gasteiger partial charge on any atom is -0.372 e. The highest BCUT2D eigenvalue weighted by atomic mass is 19.4. The van der Waals surface area contributed by atoms with E-state index in [1.54, 1.807) is 13.0 Å². The van der Waals surface area contributed by atoms with E-state index in [1.807, 2.05) is 0 Å². The summed E-state index contributed by atoms with van der Waals surface area (Å²) in [6.07, 6.45) is -3.85. The third kappa shape index (κ3) is 4.56. The summed E-state index contributed by atoms with van der Waals surface area (Å²) in [6.45, 7) is 2.68. The maximum Gasteiger partial charge on any atom is 0.421 e. The third-order valence-electron chi connectivity index (χ3n) is 4.51. The number of halogens is 4. The summed E-state index contributed by atoms with van der Waals surface area (Å²) in [6, 6.07) is 2.77. The first-order valence-corrected chi connectivity index (χ1v) is 8.73. The predicted molar refractivity (Wildman–Crippen MR) is 97.3 cm³/mol. The monoisotopic (exact) mass is 413 g/mol. The molecule has 1 amide bonds. The van der Waals surface area contributed by atoms with Crippen molar-refractivity contribution in [2.24, 2.45) is 0 Å². The number of anilines is 3. The van der Waals surface area contributed by atoms with E-state index >= 15 is 0 Å². The first-order valence-electron chi connectivity index (χ1n) is 8.73. The van der Waals surface area contributed by atoms with Crippen LogP contribution in [0.15, 0.2) is 18.3 Å². The third-order valence-corrected chi connectivity index (χ3v) is 4.51. The molecule has 2 aromatic rings. The first kappa shape index (κ1) is 20.8. The lowest BCUT2D eigenvalue weighted by Gasteiger charge is -2.31. The predicted octanol–water partition coefficient (Wildman–Crippen LogP) is 3.26. The molecule has 7 nitrogen and oxygen atoms in total. The molecule has 1 aromatic carbocycles. The molecule has 1 fully saturated rings. The fourth-order valence-corrected chi connectivity index (χ4v) is 3.00. The number of alkyl halides is 3. The largest absolute Gasteiger partial charge is 0.421 e. The maximum absolute atomic E-state index is 14.7. The molecule has 0 saturated carbocycles. The van der Waals surface area contributed by atoms with E-state index in [0.29, 0.717) is 42.6 Å². The van der Waals surface area contributed by atoms with Gasteiger partial charge < -0.3 is 20.3 Å². The van der Waals surface area contributed by atoms with Gasteiger partial charge in [0.25, 0.3) is 0 Å². The molecule has 156 valence electrons. The van der Waals surface area contributed by atoms with Crippen molar-refractivity contribution in [3.63, 3.8) is 0 Å². The fraction of sp³-hybridized carbons (Fsp3) is 0.389. The quantitative estimate of drug-likeness (QED) is 0.579. The zero-order chi connectivity index (χ0) is 21.2. The first-order chi connectivity index (χ1) is 13.7. The minimum atomic E-state index is -4.60. The van der Waals surface area contributed by atoms with Crippen LogP contribution < -0.4 is 10.6 Å². The van der Waals surface area contributed by atoms with E-state index in [1.165, 1.54) is 18.0 Å². The Morgan fingerprint density at radius 1 is 1.34 bits per heavy atom. The Bertz CT molecular complexity index is 907. The van der Waals surface area contributed by atoms with Crippen LogP contribution in [0.2, 0.25) is 0 Å². The molecular weight excluding hydrogens is 394 g/mol. The molecule has 0 aliphatic carbocycles. The van der Waals surface area contributed by atoms with Gasteiger partial charge in [-0.2, -0.15) is 18.2 Å². The van der Waals surface area contributed by atoms with Crippen LogP contribution in [0.5, 0.6) is 0 Å². The van der Waals surface area contributed by atoms with Crippen molar-refractivity contribution in [2.75, 3.05) is 37.4 Å². The summed E-state index contributed by atoms with van der Waals surface area (Å²) in [7, 11) is 1.31. The number of amides is 1. The van der Waals surface area contributed by atoms with Crippen LogP contribution >= 0.6 is 0 Å². The van der Waals surface area contributed by atoms with Crippen LogP contribution in [0.1, 0.15) is 22.8 Å². The summed E-state index contributed by atoms with van der Waals surface area (Å²) < 4.78 is 59.1. The molecule has 1 atom stereocenters. The Balaban J connectivity index is 1.85. The van der Waals surface area contributed by atoms with Gasteiger partial charge in [0.15, 0.2) is 0 Å². The molecule has 2 heterocycles. The summed E-state index contributed by atoms with van der Waals surface area (Å²) in [5, 5.41) is 5.12. The van der Waals surface area contributed by atoms with E-state index in [9.17, 15) is 22.4 Å². The standard InChI is InChI=1S/C18H19F4N5O2/c1-10-5-11(15-8-27(9-28)3-4-29-15)13(19)6-14(10)25-17-24-7-12(18(20,21)22)16(23-2)26-17/h5-7,9,15H,3-4,8H2,1-2H3,(H2,23,24,25,26). The Kier molecular flexibility index (Phi) is 5.87. The molecule has 0 radical (unpaired) electrons. The lowest BCUT2D eigenvalue weighted by molar-refractivity contribution is -0.137. The number of rotatable bonds is 5. The van der Waals surface area contributed by atoms with Gasteiger partial charge in [0.05, 0.1) is 13.2 Å². The molecule has 1 aliphatic heterocycles. The van der Waals surface area contributed by atoms with Gasteiger partial charge in [0.2, 0.25) is 12.4 Å². The van der Waals surface area contributed by atoms with Gasteiger partial charge in [-0.3, -0.25) is 4.79 Å². The molecule has 3 rings (SSSR count). The molecule has 1 aliphatic rings. The number of nitrogens with zero attached hydrogens (tertiary/aromatic N) is 3. The minimum absolute atomic E-state index is 0.112. The van der Waals surface area contributed by atoms with Gasteiger partial charge in [-0.15, -0.1) is 0 Å². The van der Waals surface area contributed by atoms with Crippen molar-refractivity contribution >= 4 is 23.9 Å². The number of nitrogens with one attached hydrogen (secondary N) is 2. The Morgan fingerprint density at radius 2 is 2.10 bits per heavy atom. The van der Waals surface area contributed by atoms with E-state index in [2.05, 4.69) is 20.6 Å². The second-order valence-electron chi connectivity index (χ2n) is 6.48. The van der Waals surface area contributed by atoms with Gasteiger partial charge in [0, 0.05) is 31.0 Å². The second kappa shape index (κ2) is 8.19. The van der Waals surface area contributed by atoms with E-state index in [0.717, 1.165) is 0 Å². The fourth-order valence-electron chi connectivity index (χ4n) is 3.00. The smallest absolute Gasteiger partial charge is 0.372 e. The number of morpholine rings is 1. The molecular formula is C18H19F4N5O2. The van der Waals surface area contributed by atoms with E-state index < -0.39 is 29.5 Å². The number of hydrogen-bond acceptors (Lipinski definition) is 6. The van der Waals surface area contributed by atoms with Crippen molar-refractivity contribution < 1.29 is 27.1 Å². The van der Waals surface area contributed by atoms with E-state index in [-0.39, 0.29) is 12.5 Å². The normalized spacial score (nSPS) is 17.2. The number of benzene rings is 1. The lowest BCUT2D eigenvalue weighted by atomic mass is 10.0. The van der Waals surface area contributed by atoms with Gasteiger partial charge in [-0.25, -0.2) is 9.37 Å². The van der Waals surface area contributed by atoms with Crippen LogP contribution in [0.4, 0.5) is 35.0 Å². The summed E-state index contributed by atoms with van der Waals surface area (Å²) in [5.41, 5.74) is 0.209. The van der Waals surface area contributed by atoms with Crippen LogP contribution in [-0.4, -0.2) is 48.0 Å². The second-order valence-corrected chi connectivity index (χ2v) is 6.48. The molecule has 0 bridgehead atoms. The molecule has 1 aromatic heterocycles. The van der Waals surface area contributed by atoms with Crippen LogP contribution in [0, 0.1) is 12.7 Å². The summed E-state index contributed by atoms with van der Waals surface area (Å²) in [5.74, 6) is -1.08. The summed E-state index contributed by atoms with van der Waals surface area (Å²) in [4.78, 5) is 20.0. The van der Waals surface area contributed by atoms with Gasteiger partial charge in [-0.05, 0) is 24.6 Å². The number of carbonyl (C=O) groups is 1. The number of ether oxygens (including phenoxy) is 1. The highest BCUT2D eigenvalue weighted by Crippen LogP contribution is 2.34. The van der Waals surface area contributed by atoms with Crippen molar-refractivity contribution in [1.29, 1.82) is 0 Å². The van der Waals surface area contributed by atoms with Crippen molar-refractivity contribution in [3.05, 3.63) is 40.8 Å². The molecule has 29 heavy (non-hydrogen) atoms. The highest BCUT2D eigenvalue weighted by Gasteiger charge is 2.35.